The van der Waals surface area contributed by atoms with Crippen molar-refractivity contribution in [1.29, 1.82) is 0 Å². The normalized spacial score (nSPS) is 11.0. The van der Waals surface area contributed by atoms with Crippen LogP contribution in [0.15, 0.2) is 12.2 Å². The minimum atomic E-state index is -0.271. The topological polar surface area (TPSA) is 52.2 Å². The maximum absolute atomic E-state index is 10.8. The van der Waals surface area contributed by atoms with Gasteiger partial charge in [-0.25, -0.2) is 5.11 Å². The first-order valence-corrected chi connectivity index (χ1v) is 3.84. The van der Waals surface area contributed by atoms with Gasteiger partial charge >= 0.3 is 0 Å². The first-order chi connectivity index (χ1) is 5.66. The van der Waals surface area contributed by atoms with Crippen LogP contribution in [0.1, 0.15) is 0 Å². The zero-order valence-electron chi connectivity index (χ0n) is 7.54. The molecule has 0 rings (SSSR count). The van der Waals surface area contributed by atoms with Crippen LogP contribution in [0.25, 0.3) is 0 Å². The number of likely N-dealkylation sites (N-methyl/N-ethyl adjacent to an activating group) is 1. The summed E-state index contributed by atoms with van der Waals surface area (Å²) in [6, 6.07) is 0. The van der Waals surface area contributed by atoms with Gasteiger partial charge in [-0.05, 0) is 14.1 Å². The van der Waals surface area contributed by atoms with E-state index in [0.717, 1.165) is 6.54 Å². The first-order valence-electron chi connectivity index (χ1n) is 3.84. The van der Waals surface area contributed by atoms with Crippen molar-refractivity contribution in [2.45, 2.75) is 0 Å². The lowest BCUT2D eigenvalue weighted by Crippen LogP contribution is -2.24. The molecule has 0 fully saturated rings. The summed E-state index contributed by atoms with van der Waals surface area (Å²) in [7, 11) is 3.83. The molecule has 0 heterocycles. The summed E-state index contributed by atoms with van der Waals surface area (Å²) in [5.74, 6) is -0.201. The van der Waals surface area contributed by atoms with E-state index in [1.165, 1.54) is 6.08 Å². The van der Waals surface area contributed by atoms with Crippen molar-refractivity contribution in [2.75, 3.05) is 33.8 Å². The average Bonchev–Trinajstić information content (AvgIpc) is 2.00. The third-order valence-corrected chi connectivity index (χ3v) is 1.14. The first kappa shape index (κ1) is 11.1. The number of rotatable bonds is 5. The Morgan fingerprint density at radius 2 is 2.17 bits per heavy atom. The summed E-state index contributed by atoms with van der Waals surface area (Å²) in [5.41, 5.74) is 0. The maximum Gasteiger partial charge on any atom is 0.243 e. The van der Waals surface area contributed by atoms with E-state index >= 15 is 0 Å². The van der Waals surface area contributed by atoms with Crippen LogP contribution in [0, 0.1) is 0 Å². The molecule has 1 N–H and O–H groups in total. The number of carbonyl (C=O) groups excluding carboxylic acids is 1. The fourth-order valence-electron chi connectivity index (χ4n) is 0.604. The Bertz CT molecular complexity index is 155. The van der Waals surface area contributed by atoms with E-state index in [4.69, 9.17) is 0 Å². The molecule has 1 radical (unpaired) electrons. The molecule has 0 bridgehead atoms. The molecule has 0 aliphatic heterocycles. The second kappa shape index (κ2) is 6.82. The Kier molecular flexibility index (Phi) is 6.32. The van der Waals surface area contributed by atoms with Crippen LogP contribution in [0.2, 0.25) is 0 Å². The molecule has 0 saturated heterocycles. The number of hydrogen-bond acceptors (Lipinski definition) is 2. The highest BCUT2D eigenvalue weighted by atomic mass is 16.3. The van der Waals surface area contributed by atoms with Crippen molar-refractivity contribution in [1.82, 2.24) is 10.2 Å². The average molecular weight is 171 g/mol. The van der Waals surface area contributed by atoms with Crippen molar-refractivity contribution < 1.29 is 9.90 Å². The van der Waals surface area contributed by atoms with E-state index in [0.29, 0.717) is 0 Å². The van der Waals surface area contributed by atoms with Gasteiger partial charge < -0.3 is 10.2 Å². The molecule has 4 nitrogen and oxygen atoms in total. The zero-order chi connectivity index (χ0) is 9.40. The second-order valence-electron chi connectivity index (χ2n) is 2.66. The lowest BCUT2D eigenvalue weighted by molar-refractivity contribution is -0.116. The van der Waals surface area contributed by atoms with Gasteiger partial charge in [-0.15, -0.1) is 0 Å². The number of hydrogen-bond donors (Lipinski definition) is 1. The van der Waals surface area contributed by atoms with Crippen molar-refractivity contribution in [3.8, 4) is 0 Å². The van der Waals surface area contributed by atoms with E-state index in [-0.39, 0.29) is 19.1 Å². The quantitative estimate of drug-likeness (QED) is 0.575. The van der Waals surface area contributed by atoms with E-state index in [9.17, 15) is 9.90 Å². The predicted octanol–water partition coefficient (Wildman–Crippen LogP) is -0.349. The molecule has 0 unspecified atom stereocenters. The summed E-state index contributed by atoms with van der Waals surface area (Å²) >= 11 is 0. The lowest BCUT2D eigenvalue weighted by Gasteiger charge is -2.03. The molecular weight excluding hydrogens is 156 g/mol. The van der Waals surface area contributed by atoms with Gasteiger partial charge in [0.25, 0.3) is 0 Å². The Morgan fingerprint density at radius 1 is 1.50 bits per heavy atom. The Hall–Kier alpha value is -0.870. The van der Waals surface area contributed by atoms with Crippen LogP contribution in [-0.4, -0.2) is 44.6 Å². The molecule has 0 aromatic carbocycles. The van der Waals surface area contributed by atoms with Crippen LogP contribution in [0.5, 0.6) is 0 Å². The van der Waals surface area contributed by atoms with Gasteiger partial charge in [0.05, 0.1) is 6.61 Å². The Morgan fingerprint density at radius 3 is 2.67 bits per heavy atom. The minimum absolute atomic E-state index is 0.200. The predicted molar refractivity (Wildman–Crippen MR) is 46.3 cm³/mol. The molecule has 0 spiro atoms. The summed E-state index contributed by atoms with van der Waals surface area (Å²) in [5, 5.41) is 12.4. The molecule has 12 heavy (non-hydrogen) atoms. The van der Waals surface area contributed by atoms with E-state index in [1.54, 1.807) is 6.08 Å². The Balaban J connectivity index is 3.47. The third kappa shape index (κ3) is 7.24. The van der Waals surface area contributed by atoms with Gasteiger partial charge in [-0.1, -0.05) is 6.08 Å². The van der Waals surface area contributed by atoms with E-state index in [2.05, 4.69) is 5.32 Å². The molecule has 0 aliphatic carbocycles. The highest BCUT2D eigenvalue weighted by Crippen LogP contribution is 1.77. The van der Waals surface area contributed by atoms with E-state index in [1.807, 2.05) is 19.0 Å². The number of carbonyl (C=O) groups is 1. The summed E-state index contributed by atoms with van der Waals surface area (Å²) < 4.78 is 0. The molecule has 0 aromatic rings. The van der Waals surface area contributed by atoms with Crippen LogP contribution in [0.4, 0.5) is 0 Å². The van der Waals surface area contributed by atoms with Gasteiger partial charge in [-0.2, -0.15) is 0 Å². The molecule has 0 atom stereocenters. The van der Waals surface area contributed by atoms with E-state index < -0.39 is 0 Å². The van der Waals surface area contributed by atoms with Crippen molar-refractivity contribution in [3.63, 3.8) is 0 Å². The molecule has 0 aliphatic rings. The fraction of sp³-hybridized carbons (Fsp3) is 0.625. The highest BCUT2D eigenvalue weighted by molar-refractivity contribution is 5.87. The fourth-order valence-corrected chi connectivity index (χ4v) is 0.604. The maximum atomic E-state index is 10.8. The minimum Gasteiger partial charge on any atom is -0.350 e. The molecule has 69 valence electrons. The van der Waals surface area contributed by atoms with Crippen LogP contribution >= 0.6 is 0 Å². The lowest BCUT2D eigenvalue weighted by atomic mass is 10.4. The molecular formula is C8H15N2O2. The Labute approximate surface area is 72.9 Å². The van der Waals surface area contributed by atoms with Gasteiger partial charge in [0.15, 0.2) is 0 Å². The van der Waals surface area contributed by atoms with Crippen LogP contribution < -0.4 is 5.32 Å². The standard InChI is InChI=1S/C8H15N2O2/c1-10(2)6-3-4-8(12)9-5-7-11/h3-4H,5-7H2,1-2H3,(H,9,12). The summed E-state index contributed by atoms with van der Waals surface area (Å²) in [4.78, 5) is 12.8. The molecule has 0 saturated carbocycles. The van der Waals surface area contributed by atoms with Gasteiger partial charge in [0.1, 0.15) is 0 Å². The number of amides is 1. The van der Waals surface area contributed by atoms with Gasteiger partial charge in [0, 0.05) is 19.2 Å². The third-order valence-electron chi connectivity index (χ3n) is 1.14. The van der Waals surface area contributed by atoms with Crippen molar-refractivity contribution >= 4 is 5.91 Å². The summed E-state index contributed by atoms with van der Waals surface area (Å²) in [6.45, 7) is 0.656. The van der Waals surface area contributed by atoms with Crippen LogP contribution in [-0.2, 0) is 9.90 Å². The van der Waals surface area contributed by atoms with Crippen molar-refractivity contribution in [2.24, 2.45) is 0 Å². The molecule has 1 amide bonds. The largest absolute Gasteiger partial charge is 0.350 e. The summed E-state index contributed by atoms with van der Waals surface area (Å²) in [6.07, 6.45) is 3.19. The van der Waals surface area contributed by atoms with Gasteiger partial charge in [-0.3, -0.25) is 4.79 Å². The SMILES string of the molecule is CN(C)CC=CC(=O)NCC[O]. The molecule has 4 heteroatoms. The number of nitrogens with one attached hydrogen (secondary N) is 1. The van der Waals surface area contributed by atoms with Gasteiger partial charge in [0.2, 0.25) is 5.91 Å². The van der Waals surface area contributed by atoms with Crippen molar-refractivity contribution in [3.05, 3.63) is 12.2 Å². The zero-order valence-corrected chi connectivity index (χ0v) is 7.54. The number of nitrogens with zero attached hydrogens (tertiary/aromatic N) is 1. The molecule has 0 aromatic heterocycles. The monoisotopic (exact) mass is 171 g/mol. The highest BCUT2D eigenvalue weighted by Gasteiger charge is 1.92. The van der Waals surface area contributed by atoms with Crippen LogP contribution in [0.3, 0.4) is 0 Å². The smallest absolute Gasteiger partial charge is 0.243 e. The second-order valence-corrected chi connectivity index (χ2v) is 2.66.